The Bertz CT molecular complexity index is 446. The van der Waals surface area contributed by atoms with Crippen molar-refractivity contribution < 1.29 is 19.4 Å². The van der Waals surface area contributed by atoms with E-state index in [1.165, 1.54) is 0 Å². The maximum atomic E-state index is 12.3. The number of hydrogen-bond donors (Lipinski definition) is 1. The van der Waals surface area contributed by atoms with Gasteiger partial charge in [-0.25, -0.2) is 4.79 Å². The first-order valence-electron chi connectivity index (χ1n) is 6.31. The third-order valence-electron chi connectivity index (χ3n) is 3.19. The van der Waals surface area contributed by atoms with E-state index in [9.17, 15) is 9.59 Å². The van der Waals surface area contributed by atoms with Crippen LogP contribution >= 0.6 is 11.3 Å². The van der Waals surface area contributed by atoms with Gasteiger partial charge in [0.05, 0.1) is 6.54 Å². The Labute approximate surface area is 115 Å². The van der Waals surface area contributed by atoms with Crippen LogP contribution in [-0.2, 0) is 20.9 Å². The quantitative estimate of drug-likeness (QED) is 0.893. The fourth-order valence-corrected chi connectivity index (χ4v) is 2.86. The van der Waals surface area contributed by atoms with E-state index in [-0.39, 0.29) is 5.91 Å². The predicted molar refractivity (Wildman–Crippen MR) is 70.9 cm³/mol. The van der Waals surface area contributed by atoms with Gasteiger partial charge in [-0.1, -0.05) is 6.07 Å². The zero-order valence-corrected chi connectivity index (χ0v) is 11.6. The molecule has 0 spiro atoms. The van der Waals surface area contributed by atoms with Gasteiger partial charge in [0, 0.05) is 11.4 Å². The van der Waals surface area contributed by atoms with Crippen molar-refractivity contribution in [3.8, 4) is 0 Å². The van der Waals surface area contributed by atoms with E-state index in [1.807, 2.05) is 24.4 Å². The van der Waals surface area contributed by atoms with Gasteiger partial charge in [-0.2, -0.15) is 0 Å². The summed E-state index contributed by atoms with van der Waals surface area (Å²) in [6.45, 7) is 3.06. The second kappa shape index (κ2) is 6.16. The zero-order valence-electron chi connectivity index (χ0n) is 10.7. The number of carboxylic acids is 1. The van der Waals surface area contributed by atoms with Gasteiger partial charge in [0.25, 0.3) is 5.91 Å². The van der Waals surface area contributed by atoms with Crippen molar-refractivity contribution in [2.45, 2.75) is 38.5 Å². The van der Waals surface area contributed by atoms with Crippen LogP contribution in [0.15, 0.2) is 17.5 Å². The second-order valence-electron chi connectivity index (χ2n) is 4.46. The molecule has 0 unspecified atom stereocenters. The molecule has 2 atom stereocenters. The van der Waals surface area contributed by atoms with Gasteiger partial charge >= 0.3 is 5.97 Å². The smallest absolute Gasteiger partial charge is 0.332 e. The molecule has 0 bridgehead atoms. The highest BCUT2D eigenvalue weighted by Crippen LogP contribution is 2.22. The van der Waals surface area contributed by atoms with Crippen molar-refractivity contribution in [1.29, 1.82) is 0 Å². The summed E-state index contributed by atoms with van der Waals surface area (Å²) in [5, 5.41) is 10.8. The van der Waals surface area contributed by atoms with Crippen molar-refractivity contribution in [1.82, 2.24) is 4.90 Å². The Morgan fingerprint density at radius 3 is 2.74 bits per heavy atom. The molecule has 1 saturated heterocycles. The normalized spacial score (nSPS) is 22.4. The summed E-state index contributed by atoms with van der Waals surface area (Å²) in [4.78, 5) is 25.9. The van der Waals surface area contributed by atoms with Crippen LogP contribution in [0, 0.1) is 0 Å². The molecule has 1 aliphatic heterocycles. The van der Waals surface area contributed by atoms with Crippen LogP contribution in [-0.4, -0.2) is 40.6 Å². The van der Waals surface area contributed by atoms with Crippen molar-refractivity contribution >= 4 is 23.2 Å². The molecule has 2 heterocycles. The molecule has 0 aliphatic carbocycles. The van der Waals surface area contributed by atoms with Crippen molar-refractivity contribution in [2.75, 3.05) is 6.54 Å². The Kier molecular flexibility index (Phi) is 4.55. The van der Waals surface area contributed by atoms with Crippen molar-refractivity contribution in [2.24, 2.45) is 0 Å². The number of thiophene rings is 1. The fourth-order valence-electron chi connectivity index (χ4n) is 2.14. The van der Waals surface area contributed by atoms with Gasteiger partial charge < -0.3 is 14.7 Å². The van der Waals surface area contributed by atoms with Crippen LogP contribution in [0.4, 0.5) is 0 Å². The third kappa shape index (κ3) is 3.33. The van der Waals surface area contributed by atoms with Crippen LogP contribution < -0.4 is 0 Å². The predicted octanol–water partition coefficient (Wildman–Crippen LogP) is 1.73. The van der Waals surface area contributed by atoms with Crippen LogP contribution in [0.3, 0.4) is 0 Å². The second-order valence-corrected chi connectivity index (χ2v) is 5.49. The molecule has 5 nitrogen and oxygen atoms in total. The molecule has 6 heteroatoms. The highest BCUT2D eigenvalue weighted by atomic mass is 32.1. The minimum absolute atomic E-state index is 0.111. The maximum absolute atomic E-state index is 12.3. The number of hydrogen-bond acceptors (Lipinski definition) is 4. The fraction of sp³-hybridized carbons (Fsp3) is 0.538. The number of likely N-dealkylation sites (N-methyl/N-ethyl adjacent to an activating group) is 1. The summed E-state index contributed by atoms with van der Waals surface area (Å²) in [5.74, 6) is -1.10. The monoisotopic (exact) mass is 283 g/mol. The highest BCUT2D eigenvalue weighted by Gasteiger charge is 2.36. The first-order valence-corrected chi connectivity index (χ1v) is 7.19. The van der Waals surface area contributed by atoms with E-state index >= 15 is 0 Å². The third-order valence-corrected chi connectivity index (χ3v) is 4.05. The number of ether oxygens (including phenoxy) is 1. The molecule has 2 rings (SSSR count). The van der Waals surface area contributed by atoms with Crippen LogP contribution in [0.5, 0.6) is 0 Å². The molecule has 1 aromatic heterocycles. The molecular weight excluding hydrogens is 266 g/mol. The largest absolute Gasteiger partial charge is 0.479 e. The van der Waals surface area contributed by atoms with Crippen LogP contribution in [0.25, 0.3) is 0 Å². The summed E-state index contributed by atoms with van der Waals surface area (Å²) in [5.41, 5.74) is 0. The molecule has 1 N–H and O–H groups in total. The van der Waals surface area contributed by atoms with E-state index in [0.717, 1.165) is 4.88 Å². The number of carbonyl (C=O) groups excluding carboxylic acids is 1. The topological polar surface area (TPSA) is 66.8 Å². The van der Waals surface area contributed by atoms with E-state index in [4.69, 9.17) is 9.84 Å². The van der Waals surface area contributed by atoms with Gasteiger partial charge in [-0.3, -0.25) is 4.79 Å². The minimum atomic E-state index is -0.989. The lowest BCUT2D eigenvalue weighted by Crippen LogP contribution is -2.39. The maximum Gasteiger partial charge on any atom is 0.332 e. The number of carbonyl (C=O) groups is 2. The Balaban J connectivity index is 1.95. The van der Waals surface area contributed by atoms with E-state index in [2.05, 4.69) is 0 Å². The molecule has 19 heavy (non-hydrogen) atoms. The molecular formula is C13H17NO4S. The standard InChI is InChI=1S/C13H17NO4S/c1-2-14(8-9-4-3-7-19-9)12(15)10-5-6-11(18-10)13(16)17/h3-4,7,10-11H,2,5-6,8H2,1H3,(H,16,17)/t10-,11+/m0/s1. The summed E-state index contributed by atoms with van der Waals surface area (Å²) in [6.07, 6.45) is -0.561. The molecule has 0 aromatic carbocycles. The van der Waals surface area contributed by atoms with E-state index in [0.29, 0.717) is 25.9 Å². The summed E-state index contributed by atoms with van der Waals surface area (Å²) >= 11 is 1.60. The SMILES string of the molecule is CCN(Cc1cccs1)C(=O)[C@@H]1CC[C@H](C(=O)O)O1. The number of aliphatic carboxylic acids is 1. The van der Waals surface area contributed by atoms with E-state index in [1.54, 1.807) is 16.2 Å². The molecule has 1 aliphatic rings. The van der Waals surface area contributed by atoms with Crippen LogP contribution in [0.1, 0.15) is 24.6 Å². The Hall–Kier alpha value is -1.40. The average molecular weight is 283 g/mol. The number of amides is 1. The first-order chi connectivity index (χ1) is 9.11. The average Bonchev–Trinajstić information content (AvgIpc) is 3.06. The number of carboxylic acid groups (broad SMARTS) is 1. The lowest BCUT2D eigenvalue weighted by molar-refractivity contribution is -0.154. The van der Waals surface area contributed by atoms with Gasteiger partial charge in [-0.05, 0) is 31.2 Å². The lowest BCUT2D eigenvalue weighted by Gasteiger charge is -2.23. The van der Waals surface area contributed by atoms with Crippen LogP contribution in [0.2, 0.25) is 0 Å². The minimum Gasteiger partial charge on any atom is -0.479 e. The van der Waals surface area contributed by atoms with Gasteiger partial charge in [0.1, 0.15) is 6.10 Å². The summed E-state index contributed by atoms with van der Waals surface area (Å²) in [6, 6.07) is 3.93. The molecule has 1 fully saturated rings. The van der Waals surface area contributed by atoms with Gasteiger partial charge in [0.15, 0.2) is 6.10 Å². The number of rotatable bonds is 5. The molecule has 1 amide bonds. The zero-order chi connectivity index (χ0) is 13.8. The highest BCUT2D eigenvalue weighted by molar-refractivity contribution is 7.09. The Morgan fingerprint density at radius 1 is 1.47 bits per heavy atom. The molecule has 1 aromatic rings. The molecule has 0 radical (unpaired) electrons. The number of nitrogens with zero attached hydrogens (tertiary/aromatic N) is 1. The molecule has 0 saturated carbocycles. The van der Waals surface area contributed by atoms with E-state index < -0.39 is 18.2 Å². The summed E-state index contributed by atoms with van der Waals surface area (Å²) < 4.78 is 5.30. The Morgan fingerprint density at radius 2 is 2.21 bits per heavy atom. The molecule has 104 valence electrons. The lowest BCUT2D eigenvalue weighted by atomic mass is 10.2. The van der Waals surface area contributed by atoms with Gasteiger partial charge in [-0.15, -0.1) is 11.3 Å². The summed E-state index contributed by atoms with van der Waals surface area (Å²) in [7, 11) is 0. The van der Waals surface area contributed by atoms with Gasteiger partial charge in [0.2, 0.25) is 0 Å². The van der Waals surface area contributed by atoms with Crippen molar-refractivity contribution in [3.63, 3.8) is 0 Å². The van der Waals surface area contributed by atoms with Crippen molar-refractivity contribution in [3.05, 3.63) is 22.4 Å². The first kappa shape index (κ1) is 14.0.